The summed E-state index contributed by atoms with van der Waals surface area (Å²) in [5, 5.41) is 14.2. The molecule has 0 fully saturated rings. The highest BCUT2D eigenvalue weighted by atomic mass is 35.5. The Hall–Kier alpha value is -1.47. The summed E-state index contributed by atoms with van der Waals surface area (Å²) in [6.45, 7) is 5.49. The molecule has 0 saturated carbocycles. The maximum atomic E-state index is 11.9. The molecule has 1 amide bonds. The molecular weight excluding hydrogens is 276 g/mol. The highest BCUT2D eigenvalue weighted by Crippen LogP contribution is 2.22. The standard InChI is InChI=1S/C10H11ClN4O2S/c1-4(7-5(2)15-17-6(7)3)12-8(16)9-13-14-10(11)18-9/h4H,1-3H3,(H,12,16). The summed E-state index contributed by atoms with van der Waals surface area (Å²) in [6.07, 6.45) is 0. The highest BCUT2D eigenvalue weighted by molar-refractivity contribution is 7.17. The van der Waals surface area contributed by atoms with Gasteiger partial charge in [0.05, 0.1) is 11.7 Å². The topological polar surface area (TPSA) is 80.9 Å². The molecule has 0 aliphatic heterocycles. The van der Waals surface area contributed by atoms with Crippen molar-refractivity contribution in [1.29, 1.82) is 0 Å². The molecule has 0 bridgehead atoms. The van der Waals surface area contributed by atoms with Crippen LogP contribution in [-0.4, -0.2) is 21.3 Å². The summed E-state index contributed by atoms with van der Waals surface area (Å²) in [7, 11) is 0. The zero-order chi connectivity index (χ0) is 13.3. The number of hydrogen-bond acceptors (Lipinski definition) is 6. The van der Waals surface area contributed by atoms with Crippen LogP contribution in [0.2, 0.25) is 4.47 Å². The summed E-state index contributed by atoms with van der Waals surface area (Å²) in [6, 6.07) is -0.216. The van der Waals surface area contributed by atoms with Crippen LogP contribution in [0.25, 0.3) is 0 Å². The van der Waals surface area contributed by atoms with Gasteiger partial charge in [-0.1, -0.05) is 16.5 Å². The van der Waals surface area contributed by atoms with Crippen LogP contribution in [0.4, 0.5) is 0 Å². The lowest BCUT2D eigenvalue weighted by Gasteiger charge is -2.12. The average molecular weight is 287 g/mol. The maximum absolute atomic E-state index is 11.9. The fourth-order valence-electron chi connectivity index (χ4n) is 1.74. The van der Waals surface area contributed by atoms with Crippen LogP contribution in [0.1, 0.15) is 39.8 Å². The monoisotopic (exact) mass is 286 g/mol. The van der Waals surface area contributed by atoms with E-state index in [2.05, 4.69) is 20.7 Å². The summed E-state index contributed by atoms with van der Waals surface area (Å²) < 4.78 is 5.30. The van der Waals surface area contributed by atoms with Crippen molar-refractivity contribution in [2.45, 2.75) is 26.8 Å². The predicted molar refractivity (Wildman–Crippen MR) is 66.8 cm³/mol. The lowest BCUT2D eigenvalue weighted by atomic mass is 10.1. The fraction of sp³-hybridized carbons (Fsp3) is 0.400. The molecule has 96 valence electrons. The van der Waals surface area contributed by atoms with Crippen molar-refractivity contribution < 1.29 is 9.32 Å². The second-order valence-electron chi connectivity index (χ2n) is 3.79. The van der Waals surface area contributed by atoms with Crippen LogP contribution >= 0.6 is 22.9 Å². The lowest BCUT2D eigenvalue weighted by molar-refractivity contribution is 0.0938. The van der Waals surface area contributed by atoms with E-state index in [1.165, 1.54) is 0 Å². The molecule has 2 aromatic heterocycles. The van der Waals surface area contributed by atoms with Crippen molar-refractivity contribution in [2.75, 3.05) is 0 Å². The Bertz CT molecular complexity index is 561. The van der Waals surface area contributed by atoms with Crippen LogP contribution in [-0.2, 0) is 0 Å². The first-order valence-electron chi connectivity index (χ1n) is 5.21. The quantitative estimate of drug-likeness (QED) is 0.936. The summed E-state index contributed by atoms with van der Waals surface area (Å²) in [5.74, 6) is 0.377. The van der Waals surface area contributed by atoms with E-state index in [9.17, 15) is 4.79 Å². The van der Waals surface area contributed by atoms with Crippen molar-refractivity contribution in [1.82, 2.24) is 20.7 Å². The third-order valence-corrected chi connectivity index (χ3v) is 3.48. The van der Waals surface area contributed by atoms with Crippen molar-refractivity contribution in [3.05, 3.63) is 26.5 Å². The van der Waals surface area contributed by atoms with Gasteiger partial charge in [-0.05, 0) is 32.4 Å². The van der Waals surface area contributed by atoms with E-state index in [4.69, 9.17) is 16.1 Å². The molecule has 2 heterocycles. The molecule has 0 spiro atoms. The van der Waals surface area contributed by atoms with Crippen LogP contribution in [0.5, 0.6) is 0 Å². The third-order valence-electron chi connectivity index (χ3n) is 2.46. The van der Waals surface area contributed by atoms with E-state index in [0.29, 0.717) is 5.76 Å². The summed E-state index contributed by atoms with van der Waals surface area (Å²) in [4.78, 5) is 11.9. The van der Waals surface area contributed by atoms with Gasteiger partial charge in [0.1, 0.15) is 5.76 Å². The highest BCUT2D eigenvalue weighted by Gasteiger charge is 2.20. The van der Waals surface area contributed by atoms with E-state index < -0.39 is 0 Å². The van der Waals surface area contributed by atoms with Gasteiger partial charge in [-0.15, -0.1) is 10.2 Å². The van der Waals surface area contributed by atoms with Crippen molar-refractivity contribution in [3.63, 3.8) is 0 Å². The molecule has 1 unspecified atom stereocenters. The second kappa shape index (κ2) is 5.03. The minimum atomic E-state index is -0.313. The van der Waals surface area contributed by atoms with Crippen molar-refractivity contribution >= 4 is 28.8 Å². The van der Waals surface area contributed by atoms with E-state index in [-0.39, 0.29) is 21.4 Å². The molecule has 2 aromatic rings. The molecule has 0 aromatic carbocycles. The lowest BCUT2D eigenvalue weighted by Crippen LogP contribution is -2.27. The number of halogens is 1. The van der Waals surface area contributed by atoms with Gasteiger partial charge in [-0.3, -0.25) is 4.79 Å². The molecule has 0 aliphatic rings. The van der Waals surface area contributed by atoms with Gasteiger partial charge in [-0.25, -0.2) is 0 Å². The molecular formula is C10H11ClN4O2S. The smallest absolute Gasteiger partial charge is 0.282 e. The van der Waals surface area contributed by atoms with Crippen LogP contribution < -0.4 is 5.32 Å². The van der Waals surface area contributed by atoms with Gasteiger partial charge in [0.2, 0.25) is 9.47 Å². The largest absolute Gasteiger partial charge is 0.361 e. The molecule has 0 radical (unpaired) electrons. The van der Waals surface area contributed by atoms with Crippen molar-refractivity contribution in [3.8, 4) is 0 Å². The number of nitrogens with zero attached hydrogens (tertiary/aromatic N) is 3. The molecule has 1 atom stereocenters. The van der Waals surface area contributed by atoms with Crippen LogP contribution in [0.15, 0.2) is 4.52 Å². The Morgan fingerprint density at radius 1 is 1.44 bits per heavy atom. The number of carbonyl (C=O) groups excluding carboxylic acids is 1. The van der Waals surface area contributed by atoms with E-state index in [0.717, 1.165) is 22.6 Å². The number of hydrogen-bond donors (Lipinski definition) is 1. The zero-order valence-electron chi connectivity index (χ0n) is 10.0. The first-order chi connectivity index (χ1) is 8.49. The SMILES string of the molecule is Cc1noc(C)c1C(C)NC(=O)c1nnc(Cl)s1. The van der Waals surface area contributed by atoms with E-state index >= 15 is 0 Å². The summed E-state index contributed by atoms with van der Waals surface area (Å²) >= 11 is 6.67. The van der Waals surface area contributed by atoms with Gasteiger partial charge in [0.15, 0.2) is 0 Å². The van der Waals surface area contributed by atoms with Gasteiger partial charge < -0.3 is 9.84 Å². The number of aryl methyl sites for hydroxylation is 2. The Labute approximate surface area is 112 Å². The predicted octanol–water partition coefficient (Wildman–Crippen LogP) is 2.29. The van der Waals surface area contributed by atoms with Gasteiger partial charge in [0.25, 0.3) is 5.91 Å². The zero-order valence-corrected chi connectivity index (χ0v) is 11.6. The first-order valence-corrected chi connectivity index (χ1v) is 6.41. The maximum Gasteiger partial charge on any atom is 0.282 e. The average Bonchev–Trinajstić information content (AvgIpc) is 2.85. The number of rotatable bonds is 3. The van der Waals surface area contributed by atoms with E-state index in [1.807, 2.05) is 13.8 Å². The first kappa shape index (κ1) is 13.0. The second-order valence-corrected chi connectivity index (χ2v) is 5.35. The molecule has 8 heteroatoms. The Balaban J connectivity index is 2.13. The Morgan fingerprint density at radius 2 is 2.17 bits per heavy atom. The van der Waals surface area contributed by atoms with Crippen LogP contribution in [0.3, 0.4) is 0 Å². The molecule has 6 nitrogen and oxygen atoms in total. The van der Waals surface area contributed by atoms with Crippen LogP contribution in [0, 0.1) is 13.8 Å². The number of carbonyl (C=O) groups is 1. The molecule has 2 rings (SSSR count). The van der Waals surface area contributed by atoms with Gasteiger partial charge >= 0.3 is 0 Å². The minimum Gasteiger partial charge on any atom is -0.361 e. The Kier molecular flexibility index (Phi) is 3.63. The van der Waals surface area contributed by atoms with Gasteiger partial charge in [0, 0.05) is 5.56 Å². The number of aromatic nitrogens is 3. The molecule has 0 saturated heterocycles. The van der Waals surface area contributed by atoms with Crippen molar-refractivity contribution in [2.24, 2.45) is 0 Å². The number of nitrogens with one attached hydrogen (secondary N) is 1. The number of amides is 1. The van der Waals surface area contributed by atoms with E-state index in [1.54, 1.807) is 6.92 Å². The summed E-state index contributed by atoms with van der Waals surface area (Å²) in [5.41, 5.74) is 1.63. The molecule has 18 heavy (non-hydrogen) atoms. The molecule has 1 N–H and O–H groups in total. The minimum absolute atomic E-state index is 0.216. The van der Waals surface area contributed by atoms with Gasteiger partial charge in [-0.2, -0.15) is 0 Å². The fourth-order valence-corrected chi connectivity index (χ4v) is 2.47. The Morgan fingerprint density at radius 3 is 2.67 bits per heavy atom. The third kappa shape index (κ3) is 2.51. The molecule has 0 aliphatic carbocycles. The normalized spacial score (nSPS) is 12.4.